The normalized spacial score (nSPS) is 29.7. The summed E-state index contributed by atoms with van der Waals surface area (Å²) in [6, 6.07) is 6.18. The minimum Gasteiger partial charge on any atom is -0.490 e. The molecule has 2 fully saturated rings. The predicted octanol–water partition coefficient (Wildman–Crippen LogP) is 1.05. The quantitative estimate of drug-likeness (QED) is 0.901. The lowest BCUT2D eigenvalue weighted by molar-refractivity contribution is -0.112. The summed E-state index contributed by atoms with van der Waals surface area (Å²) in [5, 5.41) is 5.07. The van der Waals surface area contributed by atoms with Gasteiger partial charge in [-0.3, -0.25) is 0 Å². The molecule has 21 heavy (non-hydrogen) atoms. The minimum atomic E-state index is -3.66. The zero-order chi connectivity index (χ0) is 14.9. The van der Waals surface area contributed by atoms with Crippen LogP contribution >= 0.6 is 0 Å². The minimum absolute atomic E-state index is 0.0563. The standard InChI is InChI=1S/C14H19NO5S/c15-21(16,17)13-3-1-11(2-4-13)20-12-5-7-19-14(9-12)6-8-18-10-14/h1-4,12H,5-10H2,(H2,15,16,17). The molecule has 0 aromatic heterocycles. The number of sulfonamides is 1. The first-order chi connectivity index (χ1) is 9.97. The molecule has 116 valence electrons. The molecule has 2 unspecified atom stereocenters. The van der Waals surface area contributed by atoms with E-state index in [4.69, 9.17) is 19.3 Å². The number of primary sulfonamides is 1. The van der Waals surface area contributed by atoms with Gasteiger partial charge in [-0.2, -0.15) is 0 Å². The second-order valence-corrected chi connectivity index (χ2v) is 7.14. The van der Waals surface area contributed by atoms with Crippen molar-refractivity contribution in [3.8, 4) is 5.75 Å². The Bertz CT molecular complexity index is 592. The zero-order valence-electron chi connectivity index (χ0n) is 11.7. The number of hydrogen-bond acceptors (Lipinski definition) is 5. The Morgan fingerprint density at radius 2 is 2.00 bits per heavy atom. The Kier molecular flexibility index (Phi) is 3.92. The Balaban J connectivity index is 1.66. The molecule has 0 bridgehead atoms. The number of benzene rings is 1. The molecule has 0 aliphatic carbocycles. The first-order valence-corrected chi connectivity index (χ1v) is 8.53. The van der Waals surface area contributed by atoms with Crippen LogP contribution in [0.4, 0.5) is 0 Å². The van der Waals surface area contributed by atoms with E-state index < -0.39 is 10.0 Å². The third-order valence-corrected chi connectivity index (χ3v) is 4.90. The lowest BCUT2D eigenvalue weighted by Crippen LogP contribution is -2.44. The van der Waals surface area contributed by atoms with Crippen molar-refractivity contribution >= 4 is 10.0 Å². The molecule has 1 aromatic carbocycles. The first kappa shape index (κ1) is 14.8. The van der Waals surface area contributed by atoms with Gasteiger partial charge in [0.25, 0.3) is 0 Å². The maximum absolute atomic E-state index is 11.2. The van der Waals surface area contributed by atoms with E-state index in [-0.39, 0.29) is 16.6 Å². The largest absolute Gasteiger partial charge is 0.490 e. The molecule has 2 heterocycles. The van der Waals surface area contributed by atoms with Crippen molar-refractivity contribution in [1.29, 1.82) is 0 Å². The number of nitrogens with two attached hydrogens (primary N) is 1. The van der Waals surface area contributed by atoms with E-state index in [0.717, 1.165) is 25.9 Å². The summed E-state index contributed by atoms with van der Waals surface area (Å²) in [7, 11) is -3.66. The molecule has 1 spiro atoms. The van der Waals surface area contributed by atoms with Crippen LogP contribution in [0, 0.1) is 0 Å². The third kappa shape index (κ3) is 3.37. The molecule has 2 aliphatic heterocycles. The molecule has 0 saturated carbocycles. The molecular formula is C14H19NO5S. The Labute approximate surface area is 124 Å². The Morgan fingerprint density at radius 1 is 1.24 bits per heavy atom. The molecule has 0 amide bonds. The Hall–Kier alpha value is -1.15. The van der Waals surface area contributed by atoms with E-state index in [1.807, 2.05) is 0 Å². The van der Waals surface area contributed by atoms with E-state index >= 15 is 0 Å². The number of rotatable bonds is 3. The summed E-state index contributed by atoms with van der Waals surface area (Å²) in [6.45, 7) is 2.01. The highest BCUT2D eigenvalue weighted by Gasteiger charge is 2.41. The van der Waals surface area contributed by atoms with Gasteiger partial charge in [-0.1, -0.05) is 0 Å². The fraction of sp³-hybridized carbons (Fsp3) is 0.571. The molecule has 2 atom stereocenters. The summed E-state index contributed by atoms with van der Waals surface area (Å²) in [5.74, 6) is 0.642. The first-order valence-electron chi connectivity index (χ1n) is 6.98. The van der Waals surface area contributed by atoms with Gasteiger partial charge >= 0.3 is 0 Å². The number of ether oxygens (including phenoxy) is 3. The molecule has 2 saturated heterocycles. The lowest BCUT2D eigenvalue weighted by Gasteiger charge is -2.37. The van der Waals surface area contributed by atoms with Crippen molar-refractivity contribution in [3.63, 3.8) is 0 Å². The van der Waals surface area contributed by atoms with Gasteiger partial charge in [0, 0.05) is 25.9 Å². The average molecular weight is 313 g/mol. The van der Waals surface area contributed by atoms with Gasteiger partial charge in [0.1, 0.15) is 11.9 Å². The Morgan fingerprint density at radius 3 is 2.62 bits per heavy atom. The van der Waals surface area contributed by atoms with Crippen LogP contribution in [0.1, 0.15) is 19.3 Å². The van der Waals surface area contributed by atoms with Gasteiger partial charge in [-0.05, 0) is 24.3 Å². The van der Waals surface area contributed by atoms with Crippen molar-refractivity contribution in [2.45, 2.75) is 35.9 Å². The molecule has 0 radical (unpaired) electrons. The summed E-state index contributed by atoms with van der Waals surface area (Å²) < 4.78 is 39.6. The van der Waals surface area contributed by atoms with Crippen LogP contribution in [0.15, 0.2) is 29.2 Å². The van der Waals surface area contributed by atoms with Crippen molar-refractivity contribution in [1.82, 2.24) is 0 Å². The van der Waals surface area contributed by atoms with Gasteiger partial charge in [0.15, 0.2) is 0 Å². The highest BCUT2D eigenvalue weighted by Crippen LogP contribution is 2.34. The van der Waals surface area contributed by atoms with Crippen molar-refractivity contribution < 1.29 is 22.6 Å². The fourth-order valence-corrected chi connectivity index (χ4v) is 3.36. The predicted molar refractivity (Wildman–Crippen MR) is 75.6 cm³/mol. The van der Waals surface area contributed by atoms with Crippen LogP contribution in [0.3, 0.4) is 0 Å². The van der Waals surface area contributed by atoms with Crippen LogP contribution in [-0.2, 0) is 19.5 Å². The van der Waals surface area contributed by atoms with Gasteiger partial charge in [0.2, 0.25) is 10.0 Å². The van der Waals surface area contributed by atoms with Crippen molar-refractivity contribution in [3.05, 3.63) is 24.3 Å². The summed E-state index contributed by atoms with van der Waals surface area (Å²) in [6.07, 6.45) is 2.57. The van der Waals surface area contributed by atoms with Crippen molar-refractivity contribution in [2.75, 3.05) is 19.8 Å². The van der Waals surface area contributed by atoms with E-state index in [0.29, 0.717) is 19.0 Å². The SMILES string of the molecule is NS(=O)(=O)c1ccc(OC2CCOC3(CCOC3)C2)cc1. The highest BCUT2D eigenvalue weighted by molar-refractivity contribution is 7.89. The summed E-state index contributed by atoms with van der Waals surface area (Å²) in [5.41, 5.74) is -0.205. The summed E-state index contributed by atoms with van der Waals surface area (Å²) in [4.78, 5) is 0.0856. The second kappa shape index (κ2) is 5.57. The second-order valence-electron chi connectivity index (χ2n) is 5.58. The molecule has 7 heteroatoms. The van der Waals surface area contributed by atoms with Crippen molar-refractivity contribution in [2.24, 2.45) is 5.14 Å². The van der Waals surface area contributed by atoms with Gasteiger partial charge in [-0.25, -0.2) is 13.6 Å². The van der Waals surface area contributed by atoms with Crippen LogP contribution in [0.5, 0.6) is 5.75 Å². The van der Waals surface area contributed by atoms with Gasteiger partial charge in [0.05, 0.1) is 23.7 Å². The maximum Gasteiger partial charge on any atom is 0.238 e. The topological polar surface area (TPSA) is 87.9 Å². The molecular weight excluding hydrogens is 294 g/mol. The summed E-state index contributed by atoms with van der Waals surface area (Å²) >= 11 is 0. The van der Waals surface area contributed by atoms with Gasteiger partial charge < -0.3 is 14.2 Å². The van der Waals surface area contributed by atoms with Crippen LogP contribution in [0.2, 0.25) is 0 Å². The van der Waals surface area contributed by atoms with Crippen LogP contribution in [-0.4, -0.2) is 39.9 Å². The fourth-order valence-electron chi connectivity index (χ4n) is 2.85. The van der Waals surface area contributed by atoms with Crippen LogP contribution < -0.4 is 9.88 Å². The smallest absolute Gasteiger partial charge is 0.238 e. The molecule has 6 nitrogen and oxygen atoms in total. The maximum atomic E-state index is 11.2. The molecule has 1 aromatic rings. The average Bonchev–Trinajstić information content (AvgIpc) is 2.86. The highest BCUT2D eigenvalue weighted by atomic mass is 32.2. The number of hydrogen-bond donors (Lipinski definition) is 1. The molecule has 2 aliphatic rings. The zero-order valence-corrected chi connectivity index (χ0v) is 12.5. The third-order valence-electron chi connectivity index (χ3n) is 3.97. The van der Waals surface area contributed by atoms with Gasteiger partial charge in [-0.15, -0.1) is 0 Å². The van der Waals surface area contributed by atoms with E-state index in [1.165, 1.54) is 12.1 Å². The van der Waals surface area contributed by atoms with E-state index in [2.05, 4.69) is 0 Å². The molecule has 2 N–H and O–H groups in total. The monoisotopic (exact) mass is 313 g/mol. The van der Waals surface area contributed by atoms with E-state index in [9.17, 15) is 8.42 Å². The lowest BCUT2D eigenvalue weighted by atomic mass is 9.91. The van der Waals surface area contributed by atoms with Crippen LogP contribution in [0.25, 0.3) is 0 Å². The molecule has 3 rings (SSSR count). The van der Waals surface area contributed by atoms with E-state index in [1.54, 1.807) is 12.1 Å².